The average Bonchev–Trinajstić information content (AvgIpc) is 2.37. The first kappa shape index (κ1) is 15.1. The number of halogens is 2. The van der Waals surface area contributed by atoms with Crippen LogP contribution in [0.3, 0.4) is 0 Å². The van der Waals surface area contributed by atoms with Gasteiger partial charge < -0.3 is 11.1 Å². The van der Waals surface area contributed by atoms with Crippen LogP contribution >= 0.6 is 31.9 Å². The van der Waals surface area contributed by atoms with E-state index in [9.17, 15) is 4.79 Å². The summed E-state index contributed by atoms with van der Waals surface area (Å²) in [5.41, 5.74) is 9.68. The molecule has 5 heteroatoms. The summed E-state index contributed by atoms with van der Waals surface area (Å²) < 4.78 is 1.76. The summed E-state index contributed by atoms with van der Waals surface area (Å²) in [6, 6.07) is 9.22. The Morgan fingerprint density at radius 1 is 1.10 bits per heavy atom. The number of anilines is 2. The fourth-order valence-corrected chi connectivity index (χ4v) is 3.04. The van der Waals surface area contributed by atoms with Gasteiger partial charge in [0.2, 0.25) is 0 Å². The van der Waals surface area contributed by atoms with Crippen molar-refractivity contribution in [2.24, 2.45) is 0 Å². The standard InChI is InChI=1S/C15H14Br2N2O/c1-8-5-9(2)13(18)7-11(8)15(20)19-14-4-3-10(16)6-12(14)17/h3-7H,18H2,1-2H3,(H,19,20). The Kier molecular flexibility index (Phi) is 4.50. The molecule has 0 bridgehead atoms. The van der Waals surface area contributed by atoms with E-state index < -0.39 is 0 Å². The molecule has 0 heterocycles. The van der Waals surface area contributed by atoms with Gasteiger partial charge in [-0.1, -0.05) is 22.0 Å². The van der Waals surface area contributed by atoms with Crippen LogP contribution in [0.1, 0.15) is 21.5 Å². The summed E-state index contributed by atoms with van der Waals surface area (Å²) >= 11 is 6.80. The van der Waals surface area contributed by atoms with Gasteiger partial charge in [-0.2, -0.15) is 0 Å². The highest BCUT2D eigenvalue weighted by Crippen LogP contribution is 2.27. The van der Waals surface area contributed by atoms with Gasteiger partial charge in [-0.25, -0.2) is 0 Å². The highest BCUT2D eigenvalue weighted by atomic mass is 79.9. The largest absolute Gasteiger partial charge is 0.398 e. The van der Waals surface area contributed by atoms with Crippen LogP contribution in [0, 0.1) is 13.8 Å². The maximum atomic E-state index is 12.3. The lowest BCUT2D eigenvalue weighted by Gasteiger charge is -2.11. The van der Waals surface area contributed by atoms with E-state index in [0.29, 0.717) is 11.3 Å². The zero-order valence-corrected chi connectivity index (χ0v) is 14.3. The van der Waals surface area contributed by atoms with Gasteiger partial charge in [-0.05, 0) is 65.2 Å². The van der Waals surface area contributed by atoms with Crippen molar-refractivity contribution in [1.29, 1.82) is 0 Å². The van der Waals surface area contributed by atoms with Crippen LogP contribution in [-0.2, 0) is 0 Å². The van der Waals surface area contributed by atoms with Crippen LogP contribution in [0.2, 0.25) is 0 Å². The number of nitrogen functional groups attached to an aromatic ring is 1. The minimum absolute atomic E-state index is 0.169. The van der Waals surface area contributed by atoms with Crippen molar-refractivity contribution in [3.05, 3.63) is 56.0 Å². The van der Waals surface area contributed by atoms with Crippen LogP contribution in [0.4, 0.5) is 11.4 Å². The van der Waals surface area contributed by atoms with Gasteiger partial charge in [-0.15, -0.1) is 0 Å². The predicted molar refractivity (Wildman–Crippen MR) is 90.1 cm³/mol. The van der Waals surface area contributed by atoms with E-state index in [0.717, 1.165) is 25.8 Å². The van der Waals surface area contributed by atoms with E-state index in [-0.39, 0.29) is 5.91 Å². The molecule has 2 aromatic rings. The summed E-state index contributed by atoms with van der Waals surface area (Å²) in [5, 5.41) is 2.88. The summed E-state index contributed by atoms with van der Waals surface area (Å²) in [4.78, 5) is 12.3. The number of amides is 1. The van der Waals surface area contributed by atoms with Crippen LogP contribution in [0.5, 0.6) is 0 Å². The second kappa shape index (κ2) is 5.97. The fourth-order valence-electron chi connectivity index (χ4n) is 1.89. The monoisotopic (exact) mass is 396 g/mol. The molecule has 104 valence electrons. The van der Waals surface area contributed by atoms with Gasteiger partial charge >= 0.3 is 0 Å². The molecule has 2 aromatic carbocycles. The number of aryl methyl sites for hydroxylation is 2. The number of hydrogen-bond acceptors (Lipinski definition) is 2. The minimum atomic E-state index is -0.169. The zero-order chi connectivity index (χ0) is 14.9. The third-order valence-electron chi connectivity index (χ3n) is 3.04. The van der Waals surface area contributed by atoms with Crippen molar-refractivity contribution in [3.8, 4) is 0 Å². The number of carbonyl (C=O) groups is 1. The van der Waals surface area contributed by atoms with Gasteiger partial charge in [0.1, 0.15) is 0 Å². The molecule has 0 radical (unpaired) electrons. The molecule has 0 unspecified atom stereocenters. The molecule has 0 spiro atoms. The van der Waals surface area contributed by atoms with Crippen LogP contribution in [0.15, 0.2) is 39.3 Å². The average molecular weight is 398 g/mol. The molecule has 1 amide bonds. The smallest absolute Gasteiger partial charge is 0.256 e. The number of carbonyl (C=O) groups excluding carboxylic acids is 1. The third kappa shape index (κ3) is 3.22. The molecule has 0 saturated carbocycles. The Morgan fingerprint density at radius 3 is 2.45 bits per heavy atom. The molecule has 0 saturated heterocycles. The molecule has 0 atom stereocenters. The summed E-state index contributed by atoms with van der Waals surface area (Å²) in [6.07, 6.45) is 0. The van der Waals surface area contributed by atoms with E-state index in [4.69, 9.17) is 5.73 Å². The van der Waals surface area contributed by atoms with E-state index >= 15 is 0 Å². The van der Waals surface area contributed by atoms with Crippen LogP contribution in [0.25, 0.3) is 0 Å². The Hall–Kier alpha value is -1.33. The minimum Gasteiger partial charge on any atom is -0.398 e. The Labute approximate surface area is 134 Å². The van der Waals surface area contributed by atoms with Crippen molar-refractivity contribution >= 4 is 49.1 Å². The molecule has 0 aliphatic heterocycles. The zero-order valence-electron chi connectivity index (χ0n) is 11.1. The lowest BCUT2D eigenvalue weighted by atomic mass is 10.0. The molecule has 3 nitrogen and oxygen atoms in total. The number of rotatable bonds is 2. The second-order valence-electron chi connectivity index (χ2n) is 4.60. The van der Waals surface area contributed by atoms with E-state index in [2.05, 4.69) is 37.2 Å². The first-order valence-corrected chi connectivity index (χ1v) is 7.60. The molecule has 2 rings (SSSR count). The highest BCUT2D eigenvalue weighted by molar-refractivity contribution is 9.11. The highest BCUT2D eigenvalue weighted by Gasteiger charge is 2.12. The molecular formula is C15H14Br2N2O. The van der Waals surface area contributed by atoms with Gasteiger partial charge in [0, 0.05) is 20.2 Å². The van der Waals surface area contributed by atoms with Crippen LogP contribution in [-0.4, -0.2) is 5.91 Å². The van der Waals surface area contributed by atoms with Crippen molar-refractivity contribution in [2.75, 3.05) is 11.1 Å². The first-order valence-electron chi connectivity index (χ1n) is 6.01. The molecule has 0 aliphatic rings. The van der Waals surface area contributed by atoms with Gasteiger partial charge in [-0.3, -0.25) is 4.79 Å². The van der Waals surface area contributed by atoms with E-state index in [1.54, 1.807) is 6.07 Å². The molecule has 20 heavy (non-hydrogen) atoms. The SMILES string of the molecule is Cc1cc(C)c(C(=O)Nc2ccc(Br)cc2Br)cc1N. The van der Waals surface area contributed by atoms with Gasteiger partial charge in [0.05, 0.1) is 5.69 Å². The molecule has 0 aliphatic carbocycles. The van der Waals surface area contributed by atoms with E-state index in [1.807, 2.05) is 38.1 Å². The molecule has 3 N–H and O–H groups in total. The predicted octanol–water partition coefficient (Wildman–Crippen LogP) is 4.66. The van der Waals surface area contributed by atoms with Crippen molar-refractivity contribution in [1.82, 2.24) is 0 Å². The van der Waals surface area contributed by atoms with Crippen molar-refractivity contribution < 1.29 is 4.79 Å². The summed E-state index contributed by atoms with van der Waals surface area (Å²) in [7, 11) is 0. The van der Waals surface area contributed by atoms with Crippen molar-refractivity contribution in [2.45, 2.75) is 13.8 Å². The normalized spacial score (nSPS) is 10.4. The summed E-state index contributed by atoms with van der Waals surface area (Å²) in [6.45, 7) is 3.83. The summed E-state index contributed by atoms with van der Waals surface area (Å²) in [5.74, 6) is -0.169. The van der Waals surface area contributed by atoms with Crippen molar-refractivity contribution in [3.63, 3.8) is 0 Å². The maximum absolute atomic E-state index is 12.3. The number of nitrogens with one attached hydrogen (secondary N) is 1. The quantitative estimate of drug-likeness (QED) is 0.723. The number of benzene rings is 2. The topological polar surface area (TPSA) is 55.1 Å². The Morgan fingerprint density at radius 2 is 1.80 bits per heavy atom. The maximum Gasteiger partial charge on any atom is 0.256 e. The fraction of sp³-hybridized carbons (Fsp3) is 0.133. The lowest BCUT2D eigenvalue weighted by Crippen LogP contribution is -2.14. The molecule has 0 fully saturated rings. The molecule has 0 aromatic heterocycles. The Balaban J connectivity index is 2.31. The van der Waals surface area contributed by atoms with Gasteiger partial charge in [0.25, 0.3) is 5.91 Å². The van der Waals surface area contributed by atoms with Crippen LogP contribution < -0.4 is 11.1 Å². The number of hydrogen-bond donors (Lipinski definition) is 2. The molecular weight excluding hydrogens is 384 g/mol. The van der Waals surface area contributed by atoms with Gasteiger partial charge in [0.15, 0.2) is 0 Å². The first-order chi connectivity index (χ1) is 9.38. The number of nitrogens with two attached hydrogens (primary N) is 1. The van der Waals surface area contributed by atoms with E-state index in [1.165, 1.54) is 0 Å². The second-order valence-corrected chi connectivity index (χ2v) is 6.37. The lowest BCUT2D eigenvalue weighted by molar-refractivity contribution is 0.102. The Bertz CT molecular complexity index is 684. The third-order valence-corrected chi connectivity index (χ3v) is 4.19.